The zero-order chi connectivity index (χ0) is 16.2. The molecule has 23 heavy (non-hydrogen) atoms. The van der Waals surface area contributed by atoms with Gasteiger partial charge >= 0.3 is 5.97 Å². The summed E-state index contributed by atoms with van der Waals surface area (Å²) >= 11 is 0. The van der Waals surface area contributed by atoms with Crippen LogP contribution in [0, 0.1) is 17.3 Å². The van der Waals surface area contributed by atoms with E-state index in [-0.39, 0.29) is 17.5 Å². The highest BCUT2D eigenvalue weighted by Crippen LogP contribution is 2.60. The van der Waals surface area contributed by atoms with Crippen LogP contribution in [0.3, 0.4) is 0 Å². The second-order valence-electron chi connectivity index (χ2n) is 8.07. The van der Waals surface area contributed by atoms with Crippen molar-refractivity contribution < 1.29 is 14.3 Å². The van der Waals surface area contributed by atoms with Crippen LogP contribution < -0.4 is 0 Å². The third-order valence-electron chi connectivity index (χ3n) is 6.95. The van der Waals surface area contributed by atoms with Gasteiger partial charge < -0.3 is 4.74 Å². The lowest BCUT2D eigenvalue weighted by atomic mass is 9.57. The molecular weight excluding hydrogens is 288 g/mol. The van der Waals surface area contributed by atoms with Crippen molar-refractivity contribution in [2.45, 2.75) is 71.3 Å². The minimum Gasteiger partial charge on any atom is -0.462 e. The fraction of sp³-hybridized carbons (Fsp3) is 0.700. The van der Waals surface area contributed by atoms with Crippen molar-refractivity contribution >= 4 is 11.8 Å². The predicted molar refractivity (Wildman–Crippen MR) is 87.7 cm³/mol. The van der Waals surface area contributed by atoms with Gasteiger partial charge in [0.25, 0.3) is 0 Å². The van der Waals surface area contributed by atoms with Crippen LogP contribution in [0.1, 0.15) is 65.2 Å². The molecule has 0 spiro atoms. The first-order valence-corrected chi connectivity index (χ1v) is 9.12. The van der Waals surface area contributed by atoms with Crippen LogP contribution >= 0.6 is 0 Å². The number of esters is 1. The molecule has 0 aromatic heterocycles. The van der Waals surface area contributed by atoms with Gasteiger partial charge in [-0.05, 0) is 74.0 Å². The molecule has 0 aliphatic heterocycles. The van der Waals surface area contributed by atoms with E-state index in [1.54, 1.807) is 5.57 Å². The van der Waals surface area contributed by atoms with E-state index in [2.05, 4.69) is 6.92 Å². The fourth-order valence-electron chi connectivity index (χ4n) is 5.88. The molecule has 3 heteroatoms. The second-order valence-corrected chi connectivity index (χ2v) is 8.07. The van der Waals surface area contributed by atoms with Crippen molar-refractivity contribution in [3.63, 3.8) is 0 Å². The maximum Gasteiger partial charge on any atom is 0.302 e. The molecule has 4 atom stereocenters. The van der Waals surface area contributed by atoms with E-state index >= 15 is 0 Å². The van der Waals surface area contributed by atoms with Crippen LogP contribution in [0.2, 0.25) is 0 Å². The van der Waals surface area contributed by atoms with Crippen molar-refractivity contribution in [3.8, 4) is 0 Å². The molecule has 0 N–H and O–H groups in total. The lowest BCUT2D eigenvalue weighted by molar-refractivity contribution is -0.153. The number of fused-ring (bicyclic) bond motifs is 4. The molecule has 0 amide bonds. The molecule has 4 aliphatic rings. The zero-order valence-electron chi connectivity index (χ0n) is 14.2. The van der Waals surface area contributed by atoms with Gasteiger partial charge in [0.2, 0.25) is 0 Å². The predicted octanol–water partition coefficient (Wildman–Crippen LogP) is 4.12. The van der Waals surface area contributed by atoms with E-state index in [0.717, 1.165) is 32.1 Å². The summed E-state index contributed by atoms with van der Waals surface area (Å²) in [7, 11) is 0. The summed E-state index contributed by atoms with van der Waals surface area (Å²) in [6, 6.07) is 0. The van der Waals surface area contributed by atoms with Crippen molar-refractivity contribution in [2.24, 2.45) is 17.3 Å². The molecule has 4 unspecified atom stereocenters. The van der Waals surface area contributed by atoms with Crippen LogP contribution in [0.25, 0.3) is 0 Å². The molecule has 0 heterocycles. The molecule has 0 saturated heterocycles. The molecule has 0 bridgehead atoms. The molecule has 4 rings (SSSR count). The summed E-state index contributed by atoms with van der Waals surface area (Å²) in [4.78, 5) is 23.2. The van der Waals surface area contributed by atoms with Crippen molar-refractivity contribution in [1.82, 2.24) is 0 Å². The number of hydrogen-bond acceptors (Lipinski definition) is 3. The monoisotopic (exact) mass is 314 g/mol. The average molecular weight is 314 g/mol. The second kappa shape index (κ2) is 5.32. The molecule has 3 nitrogen and oxygen atoms in total. The Hall–Kier alpha value is -1.38. The van der Waals surface area contributed by atoms with E-state index in [4.69, 9.17) is 4.74 Å². The van der Waals surface area contributed by atoms with Crippen molar-refractivity contribution in [2.75, 3.05) is 0 Å². The smallest absolute Gasteiger partial charge is 0.302 e. The van der Waals surface area contributed by atoms with Gasteiger partial charge in [0.05, 0.1) is 0 Å². The third-order valence-corrected chi connectivity index (χ3v) is 6.95. The normalized spacial score (nSPS) is 39.3. The first-order valence-electron chi connectivity index (χ1n) is 9.12. The van der Waals surface area contributed by atoms with E-state index in [1.165, 1.54) is 30.9 Å². The summed E-state index contributed by atoms with van der Waals surface area (Å²) < 4.78 is 5.67. The summed E-state index contributed by atoms with van der Waals surface area (Å²) in [5, 5.41) is 0. The van der Waals surface area contributed by atoms with E-state index in [0.29, 0.717) is 24.0 Å². The van der Waals surface area contributed by atoms with Gasteiger partial charge in [-0.1, -0.05) is 12.5 Å². The van der Waals surface area contributed by atoms with Gasteiger partial charge in [-0.2, -0.15) is 0 Å². The molecule has 0 aromatic carbocycles. The Morgan fingerprint density at radius 1 is 1.17 bits per heavy atom. The summed E-state index contributed by atoms with van der Waals surface area (Å²) in [6.45, 7) is 3.87. The van der Waals surface area contributed by atoms with Gasteiger partial charge in [-0.15, -0.1) is 0 Å². The zero-order valence-corrected chi connectivity index (χ0v) is 14.2. The summed E-state index contributed by atoms with van der Waals surface area (Å²) in [5.41, 5.74) is 4.62. The average Bonchev–Trinajstić information content (AvgIpc) is 2.83. The maximum absolute atomic E-state index is 11.7. The third kappa shape index (κ3) is 2.31. The van der Waals surface area contributed by atoms with E-state index in [9.17, 15) is 9.59 Å². The Balaban J connectivity index is 1.66. The molecule has 2 fully saturated rings. The van der Waals surface area contributed by atoms with Gasteiger partial charge in [-0.25, -0.2) is 0 Å². The first kappa shape index (κ1) is 15.2. The minimum absolute atomic E-state index is 0.0985. The van der Waals surface area contributed by atoms with Crippen LogP contribution in [0.4, 0.5) is 0 Å². The number of allylic oxidation sites excluding steroid dienone is 4. The van der Waals surface area contributed by atoms with Crippen LogP contribution in [-0.4, -0.2) is 17.9 Å². The van der Waals surface area contributed by atoms with Crippen LogP contribution in [0.5, 0.6) is 0 Å². The van der Waals surface area contributed by atoms with Gasteiger partial charge in [0.15, 0.2) is 5.78 Å². The number of hydrogen-bond donors (Lipinski definition) is 0. The van der Waals surface area contributed by atoms with Gasteiger partial charge in [0, 0.05) is 18.8 Å². The number of carbonyl (C=O) groups excluding carboxylic acids is 2. The first-order chi connectivity index (χ1) is 11.0. The Morgan fingerprint density at radius 3 is 2.78 bits per heavy atom. The molecule has 0 aromatic rings. The summed E-state index contributed by atoms with van der Waals surface area (Å²) in [5.74, 6) is 1.46. The SMILES string of the molecule is CC(=O)OC1CCC2C3CCC4=CC(=O)CCC4=C3CCC12C. The topological polar surface area (TPSA) is 43.4 Å². The standard InChI is InChI=1S/C20H26O3/c1-12(21)23-19-8-7-18-17-5-3-13-11-14(22)4-6-15(13)16(17)9-10-20(18,19)2/h11,17-19H,3-10H2,1-2H3. The maximum atomic E-state index is 11.7. The molecule has 124 valence electrons. The highest BCUT2D eigenvalue weighted by atomic mass is 16.5. The molecule has 4 aliphatic carbocycles. The van der Waals surface area contributed by atoms with Crippen LogP contribution in [0.15, 0.2) is 22.8 Å². The van der Waals surface area contributed by atoms with Gasteiger partial charge in [0.1, 0.15) is 6.10 Å². The summed E-state index contributed by atoms with van der Waals surface area (Å²) in [6.07, 6.45) is 10.3. The number of ketones is 1. The molecular formula is C20H26O3. The van der Waals surface area contributed by atoms with E-state index < -0.39 is 0 Å². The fourth-order valence-corrected chi connectivity index (χ4v) is 5.88. The lowest BCUT2D eigenvalue weighted by Gasteiger charge is -2.48. The number of rotatable bonds is 1. The highest BCUT2D eigenvalue weighted by molar-refractivity contribution is 5.93. The highest BCUT2D eigenvalue weighted by Gasteiger charge is 2.54. The van der Waals surface area contributed by atoms with E-state index in [1.807, 2.05) is 6.08 Å². The molecule has 2 saturated carbocycles. The Bertz CT molecular complexity index is 627. The number of carbonyl (C=O) groups is 2. The Labute approximate surface area is 138 Å². The minimum atomic E-state index is -0.138. The molecule has 0 radical (unpaired) electrons. The van der Waals surface area contributed by atoms with Crippen molar-refractivity contribution in [1.29, 1.82) is 0 Å². The Morgan fingerprint density at radius 2 is 2.00 bits per heavy atom. The number of ether oxygens (including phenoxy) is 1. The largest absolute Gasteiger partial charge is 0.462 e. The lowest BCUT2D eigenvalue weighted by Crippen LogP contribution is -2.43. The van der Waals surface area contributed by atoms with Crippen LogP contribution in [-0.2, 0) is 14.3 Å². The van der Waals surface area contributed by atoms with Gasteiger partial charge in [-0.3, -0.25) is 9.59 Å². The quantitative estimate of drug-likeness (QED) is 0.684. The Kier molecular flexibility index (Phi) is 3.51. The van der Waals surface area contributed by atoms with Crippen molar-refractivity contribution in [3.05, 3.63) is 22.8 Å².